The topological polar surface area (TPSA) is 180 Å². The summed E-state index contributed by atoms with van der Waals surface area (Å²) in [6, 6.07) is 23.5. The van der Waals surface area contributed by atoms with Gasteiger partial charge in [0, 0.05) is 69.3 Å². The highest BCUT2D eigenvalue weighted by Crippen LogP contribution is 2.41. The molecule has 2 atom stereocenters. The van der Waals surface area contributed by atoms with Gasteiger partial charge >= 0.3 is 17.9 Å². The fourth-order valence-corrected chi connectivity index (χ4v) is 8.87. The number of nitrogens with zero attached hydrogens (tertiary/aromatic N) is 1. The molecule has 0 bridgehead atoms. The second-order valence-electron chi connectivity index (χ2n) is 19.4. The maximum absolute atomic E-state index is 14.0. The number of nitrogens with one attached hydrogen (secondary N) is 3. The van der Waals surface area contributed by atoms with Crippen molar-refractivity contribution in [3.8, 4) is 0 Å². The van der Waals surface area contributed by atoms with Crippen LogP contribution in [0.25, 0.3) is 33.0 Å². The summed E-state index contributed by atoms with van der Waals surface area (Å²) in [4.78, 5) is 70.2. The molecule has 2 unspecified atom stereocenters. The average molecular weight is 1090 g/mol. The minimum absolute atomic E-state index is 0.0218. The Hall–Kier alpha value is -8.16. The van der Waals surface area contributed by atoms with E-state index in [0.717, 1.165) is 87.2 Å². The number of benzene rings is 5. The van der Waals surface area contributed by atoms with Crippen molar-refractivity contribution in [2.75, 3.05) is 26.3 Å². The molecule has 2 aliphatic rings. The number of carbonyl (C=O) groups excluding carboxylic acids is 5. The van der Waals surface area contributed by atoms with Crippen LogP contribution < -0.4 is 5.32 Å². The number of aliphatic hydroxyl groups is 1. The van der Waals surface area contributed by atoms with Gasteiger partial charge in [-0.05, 0) is 103 Å². The number of halogens is 7. The summed E-state index contributed by atoms with van der Waals surface area (Å²) in [6.45, 7) is 11.4. The van der Waals surface area contributed by atoms with Gasteiger partial charge in [0.25, 0.3) is 11.1 Å². The molecule has 0 saturated carbocycles. The van der Waals surface area contributed by atoms with E-state index in [0.29, 0.717) is 23.9 Å². The molecule has 2 aliphatic heterocycles. The second-order valence-corrected chi connectivity index (χ2v) is 19.7. The maximum Gasteiger partial charge on any atom is 0.342 e. The number of aromatic nitrogens is 2. The predicted molar refractivity (Wildman–Crippen MR) is 275 cm³/mol. The van der Waals surface area contributed by atoms with Crippen LogP contribution in [-0.2, 0) is 34.6 Å². The monoisotopic (exact) mass is 1080 g/mol. The molecule has 7 aromatic rings. The second kappa shape index (κ2) is 23.4. The van der Waals surface area contributed by atoms with Gasteiger partial charge < -0.3 is 39.5 Å². The summed E-state index contributed by atoms with van der Waals surface area (Å²) in [6.07, 6.45) is 1.49. The Balaban J connectivity index is 0.000000209. The highest BCUT2D eigenvalue weighted by molar-refractivity contribution is 6.67. The molecule has 4 heterocycles. The number of rotatable bonds is 10. The number of esters is 3. The largest absolute Gasteiger partial charge is 0.458 e. The van der Waals surface area contributed by atoms with Crippen molar-refractivity contribution in [2.45, 2.75) is 64.6 Å². The van der Waals surface area contributed by atoms with Crippen molar-refractivity contribution >= 4 is 73.6 Å². The zero-order valence-corrected chi connectivity index (χ0v) is 43.0. The van der Waals surface area contributed by atoms with Gasteiger partial charge in [0.05, 0.1) is 34.7 Å². The lowest BCUT2D eigenvalue weighted by atomic mass is 9.81. The summed E-state index contributed by atoms with van der Waals surface area (Å²) < 4.78 is 94.9. The van der Waals surface area contributed by atoms with Crippen molar-refractivity contribution in [2.24, 2.45) is 0 Å². The van der Waals surface area contributed by atoms with E-state index in [4.69, 9.17) is 30.9 Å². The molecule has 0 radical (unpaired) electrons. The number of amides is 1. The van der Waals surface area contributed by atoms with Crippen molar-refractivity contribution in [3.63, 3.8) is 0 Å². The Bertz CT molecular complexity index is 3500. The van der Waals surface area contributed by atoms with Crippen LogP contribution in [0.15, 0.2) is 116 Å². The number of para-hydroxylation sites is 2. The lowest BCUT2D eigenvalue weighted by molar-refractivity contribution is -0.143. The van der Waals surface area contributed by atoms with Crippen LogP contribution in [0, 0.1) is 34.9 Å². The Morgan fingerprint density at radius 3 is 1.62 bits per heavy atom. The van der Waals surface area contributed by atoms with Crippen molar-refractivity contribution in [1.82, 2.24) is 20.2 Å². The van der Waals surface area contributed by atoms with Gasteiger partial charge in [-0.15, -0.1) is 0 Å². The SMILES string of the molecule is CC(CO)OC(=O)C1=CNCC(C)(C)c2c1[nH]c1ccccc21.CC(COC(=O)c1ccc(F)c(F)c1)OC(=O)C1=CN(C(=O)c2ccc(F)c(F)c2)CC(C)(C)c2c1[nH]c1ccccc21.O=C(Cl)c1ccc(F)c(F)c1. The van der Waals surface area contributed by atoms with Crippen LogP contribution in [0.2, 0.25) is 0 Å². The average Bonchev–Trinajstić information content (AvgIpc) is 3.96. The lowest BCUT2D eigenvalue weighted by Crippen LogP contribution is -2.37. The number of aliphatic hydroxyl groups excluding tert-OH is 1. The van der Waals surface area contributed by atoms with E-state index in [9.17, 15) is 50.3 Å². The minimum Gasteiger partial charge on any atom is -0.458 e. The summed E-state index contributed by atoms with van der Waals surface area (Å²) in [5.41, 5.74) is 3.96. The molecular formula is C57H51ClF6N4O9. The Kier molecular flexibility index (Phi) is 17.2. The van der Waals surface area contributed by atoms with Gasteiger partial charge in [-0.25, -0.2) is 40.7 Å². The van der Waals surface area contributed by atoms with Gasteiger partial charge in [0.2, 0.25) is 0 Å². The number of fused-ring (bicyclic) bond motifs is 6. The lowest BCUT2D eigenvalue weighted by Gasteiger charge is -2.29. The van der Waals surface area contributed by atoms with Crippen LogP contribution in [-0.4, -0.2) is 87.5 Å². The molecule has 9 rings (SSSR count). The van der Waals surface area contributed by atoms with Gasteiger partial charge in [-0.1, -0.05) is 64.1 Å². The van der Waals surface area contributed by atoms with E-state index in [-0.39, 0.29) is 40.8 Å². The maximum atomic E-state index is 14.0. The van der Waals surface area contributed by atoms with E-state index < -0.39 is 88.2 Å². The van der Waals surface area contributed by atoms with E-state index in [2.05, 4.69) is 35.2 Å². The molecule has 402 valence electrons. The van der Waals surface area contributed by atoms with Crippen LogP contribution in [0.5, 0.6) is 0 Å². The zero-order valence-electron chi connectivity index (χ0n) is 42.3. The van der Waals surface area contributed by atoms with Crippen molar-refractivity contribution in [1.29, 1.82) is 0 Å². The first kappa shape index (κ1) is 56.6. The van der Waals surface area contributed by atoms with Crippen LogP contribution in [0.1, 0.15) is 95.1 Å². The first-order chi connectivity index (χ1) is 36.4. The summed E-state index contributed by atoms with van der Waals surface area (Å²) in [5, 5.41) is 13.5. The fraction of sp³-hybridized carbons (Fsp3) is 0.246. The highest BCUT2D eigenvalue weighted by atomic mass is 35.5. The smallest absolute Gasteiger partial charge is 0.342 e. The molecular weight excluding hydrogens is 1030 g/mol. The predicted octanol–water partition coefficient (Wildman–Crippen LogP) is 10.9. The summed E-state index contributed by atoms with van der Waals surface area (Å²) >= 11 is 5.00. The van der Waals surface area contributed by atoms with E-state index in [1.165, 1.54) is 18.0 Å². The van der Waals surface area contributed by atoms with Crippen LogP contribution >= 0.6 is 11.6 Å². The number of ether oxygens (including phenoxy) is 3. The number of carbonyl (C=O) groups is 5. The number of hydrogen-bond acceptors (Lipinski definition) is 10. The Labute approximate surface area is 442 Å². The summed E-state index contributed by atoms with van der Waals surface area (Å²) in [5.74, 6) is -9.60. The van der Waals surface area contributed by atoms with Crippen LogP contribution in [0.4, 0.5) is 26.3 Å². The molecule has 20 heteroatoms. The van der Waals surface area contributed by atoms with Crippen molar-refractivity contribution in [3.05, 3.63) is 190 Å². The molecule has 4 N–H and O–H groups in total. The highest BCUT2D eigenvalue weighted by Gasteiger charge is 2.38. The number of aromatic amines is 2. The third kappa shape index (κ3) is 12.8. The fourth-order valence-electron chi connectivity index (χ4n) is 8.76. The normalized spacial score (nSPS) is 15.0. The van der Waals surface area contributed by atoms with E-state index in [1.54, 1.807) is 13.1 Å². The van der Waals surface area contributed by atoms with Gasteiger partial charge in [-0.3, -0.25) is 9.59 Å². The van der Waals surface area contributed by atoms with Gasteiger partial charge in [0.15, 0.2) is 34.9 Å². The summed E-state index contributed by atoms with van der Waals surface area (Å²) in [7, 11) is 0. The van der Waals surface area contributed by atoms with Gasteiger partial charge in [-0.2, -0.15) is 0 Å². The van der Waals surface area contributed by atoms with Crippen molar-refractivity contribution < 1.29 is 69.6 Å². The van der Waals surface area contributed by atoms with E-state index >= 15 is 0 Å². The molecule has 0 saturated heterocycles. The molecule has 77 heavy (non-hydrogen) atoms. The Morgan fingerprint density at radius 1 is 0.610 bits per heavy atom. The first-order valence-electron chi connectivity index (χ1n) is 23.8. The van der Waals surface area contributed by atoms with Crippen LogP contribution in [0.3, 0.4) is 0 Å². The standard InChI is InChI=1S/C32H26F4N2O5.C18H22N2O3.C7H3ClF2O/c1-17(15-42-30(40)19-9-11-23(34)25(36)13-19)43-31(41)21-14-38(29(39)18-8-10-22(33)24(35)12-18)16-32(2,3)27-20-6-4-5-7-26(20)37-28(21)27;1-11(9-21)23-17(22)13-8-19-10-18(2,3)15-12-6-4-5-7-14(12)20-16(13)15;8-7(11)4-1-2-5(9)6(10)3-4/h4-14,17,37H,15-16H2,1-3H3;4-8,11,19-21H,9-10H2,1-3H3;1-3H. The number of H-pyrrole nitrogens is 2. The quantitative estimate of drug-likeness (QED) is 0.0446. The molecule has 0 spiro atoms. The third-order valence-electron chi connectivity index (χ3n) is 12.4. The molecule has 5 aromatic carbocycles. The Morgan fingerprint density at radius 2 is 1.08 bits per heavy atom. The zero-order chi connectivity index (χ0) is 56.1. The molecule has 2 aromatic heterocycles. The number of hydrogen-bond donors (Lipinski definition) is 4. The molecule has 0 aliphatic carbocycles. The first-order valence-corrected chi connectivity index (χ1v) is 24.2. The minimum atomic E-state index is -1.21. The third-order valence-corrected chi connectivity index (χ3v) is 12.7. The molecule has 1 amide bonds. The van der Waals surface area contributed by atoms with E-state index in [1.807, 2.05) is 56.3 Å². The van der Waals surface area contributed by atoms with Gasteiger partial charge in [0.1, 0.15) is 18.8 Å². The molecule has 0 fully saturated rings. The molecule has 13 nitrogen and oxygen atoms in total.